The molecule has 1 aliphatic heterocycles. The number of carbonyl (C=O) groups is 2. The fourth-order valence-electron chi connectivity index (χ4n) is 2.32. The first kappa shape index (κ1) is 18.8. The van der Waals surface area contributed by atoms with Crippen LogP contribution < -0.4 is 10.2 Å². The molecule has 0 atom stereocenters. The molecule has 2 aromatic rings. The third-order valence-electron chi connectivity index (χ3n) is 3.54. The van der Waals surface area contributed by atoms with Gasteiger partial charge in [0.2, 0.25) is 0 Å². The monoisotopic (exact) mass is 470 g/mol. The van der Waals surface area contributed by atoms with Crippen LogP contribution in [0.3, 0.4) is 0 Å². The summed E-state index contributed by atoms with van der Waals surface area (Å²) in [4.78, 5) is 26.3. The van der Waals surface area contributed by atoms with Crippen molar-refractivity contribution in [1.29, 1.82) is 0 Å². The van der Waals surface area contributed by atoms with Gasteiger partial charge in [0.1, 0.15) is 5.57 Å². The fourth-order valence-corrected chi connectivity index (χ4v) is 3.37. The maximum atomic E-state index is 12.9. The predicted molar refractivity (Wildman–Crippen MR) is 108 cm³/mol. The molecule has 3 rings (SSSR count). The van der Waals surface area contributed by atoms with Gasteiger partial charge in [-0.05, 0) is 60.3 Å². The van der Waals surface area contributed by atoms with Crippen LogP contribution in [0.15, 0.2) is 46.4 Å². The Morgan fingerprint density at radius 1 is 1.12 bits per heavy atom. The molecule has 0 spiro atoms. The third kappa shape index (κ3) is 3.61. The van der Waals surface area contributed by atoms with Crippen molar-refractivity contribution in [1.82, 2.24) is 5.32 Å². The van der Waals surface area contributed by atoms with E-state index in [0.717, 1.165) is 4.47 Å². The zero-order valence-electron chi connectivity index (χ0n) is 12.8. The van der Waals surface area contributed by atoms with Gasteiger partial charge in [0, 0.05) is 4.47 Å². The topological polar surface area (TPSA) is 69.6 Å². The Labute approximate surface area is 172 Å². The van der Waals surface area contributed by atoms with Crippen LogP contribution in [-0.4, -0.2) is 22.0 Å². The van der Waals surface area contributed by atoms with Crippen LogP contribution >= 0.6 is 51.3 Å². The number of anilines is 1. The molecule has 1 aliphatic rings. The van der Waals surface area contributed by atoms with Gasteiger partial charge in [0.25, 0.3) is 11.8 Å². The van der Waals surface area contributed by atoms with E-state index in [1.807, 2.05) is 0 Å². The number of hydrogen-bond acceptors (Lipinski definition) is 4. The van der Waals surface area contributed by atoms with E-state index in [4.69, 9.17) is 35.4 Å². The minimum Gasteiger partial charge on any atom is -0.505 e. The first-order valence-electron chi connectivity index (χ1n) is 7.13. The number of carbonyl (C=O) groups excluding carboxylic acids is 2. The van der Waals surface area contributed by atoms with E-state index in [2.05, 4.69) is 21.2 Å². The molecular weight excluding hydrogens is 463 g/mol. The summed E-state index contributed by atoms with van der Waals surface area (Å²) < 4.78 is 0.838. The molecule has 132 valence electrons. The lowest BCUT2D eigenvalue weighted by molar-refractivity contribution is -0.122. The number of nitrogens with zero attached hydrogens (tertiary/aromatic N) is 1. The van der Waals surface area contributed by atoms with E-state index >= 15 is 0 Å². The number of thiocarbonyl (C=S) groups is 1. The van der Waals surface area contributed by atoms with Crippen LogP contribution in [0.5, 0.6) is 5.75 Å². The number of amides is 2. The van der Waals surface area contributed by atoms with Gasteiger partial charge in [0.15, 0.2) is 10.9 Å². The summed E-state index contributed by atoms with van der Waals surface area (Å²) in [6, 6.07) is 9.69. The van der Waals surface area contributed by atoms with Crippen molar-refractivity contribution in [3.8, 4) is 5.75 Å². The molecule has 2 amide bonds. The number of phenolic OH excluding ortho intramolecular Hbond substituents is 1. The Morgan fingerprint density at radius 2 is 1.69 bits per heavy atom. The van der Waals surface area contributed by atoms with Crippen molar-refractivity contribution in [3.63, 3.8) is 0 Å². The Balaban J connectivity index is 2.04. The van der Waals surface area contributed by atoms with Gasteiger partial charge in [-0.25, -0.2) is 0 Å². The van der Waals surface area contributed by atoms with Gasteiger partial charge in [-0.3, -0.25) is 19.8 Å². The van der Waals surface area contributed by atoms with Crippen molar-refractivity contribution >= 4 is 80.0 Å². The molecule has 0 bridgehead atoms. The molecule has 26 heavy (non-hydrogen) atoms. The lowest BCUT2D eigenvalue weighted by Gasteiger charge is -2.29. The summed E-state index contributed by atoms with van der Waals surface area (Å²) >= 11 is 20.2. The van der Waals surface area contributed by atoms with Crippen LogP contribution in [0.2, 0.25) is 10.0 Å². The van der Waals surface area contributed by atoms with Gasteiger partial charge in [-0.15, -0.1) is 0 Å². The summed E-state index contributed by atoms with van der Waals surface area (Å²) in [5.74, 6) is -1.48. The van der Waals surface area contributed by atoms with E-state index in [0.29, 0.717) is 11.3 Å². The van der Waals surface area contributed by atoms with Crippen LogP contribution in [-0.2, 0) is 9.59 Å². The van der Waals surface area contributed by atoms with Crippen molar-refractivity contribution in [3.05, 3.63) is 62.1 Å². The zero-order chi connectivity index (χ0) is 19.0. The lowest BCUT2D eigenvalue weighted by atomic mass is 10.1. The van der Waals surface area contributed by atoms with Gasteiger partial charge in [-0.1, -0.05) is 39.1 Å². The van der Waals surface area contributed by atoms with Gasteiger partial charge >= 0.3 is 0 Å². The van der Waals surface area contributed by atoms with Gasteiger partial charge in [0.05, 0.1) is 15.7 Å². The molecule has 0 unspecified atom stereocenters. The smallest absolute Gasteiger partial charge is 0.270 e. The minimum absolute atomic E-state index is 0.00769. The molecular formula is C17H9BrCl2N2O3S. The van der Waals surface area contributed by atoms with Crippen LogP contribution in [0.1, 0.15) is 5.56 Å². The van der Waals surface area contributed by atoms with Crippen LogP contribution in [0.25, 0.3) is 6.08 Å². The highest BCUT2D eigenvalue weighted by Crippen LogP contribution is 2.34. The summed E-state index contributed by atoms with van der Waals surface area (Å²) in [7, 11) is 0. The summed E-state index contributed by atoms with van der Waals surface area (Å²) in [5, 5.41) is 12.1. The third-order valence-corrected chi connectivity index (χ3v) is 4.93. The maximum Gasteiger partial charge on any atom is 0.270 e. The van der Waals surface area contributed by atoms with E-state index in [-0.39, 0.29) is 26.5 Å². The summed E-state index contributed by atoms with van der Waals surface area (Å²) in [5.41, 5.74) is 0.759. The molecule has 1 heterocycles. The van der Waals surface area contributed by atoms with E-state index in [1.54, 1.807) is 24.3 Å². The van der Waals surface area contributed by atoms with E-state index in [1.165, 1.54) is 23.1 Å². The number of rotatable bonds is 2. The van der Waals surface area contributed by atoms with Gasteiger partial charge in [-0.2, -0.15) is 0 Å². The first-order chi connectivity index (χ1) is 12.3. The predicted octanol–water partition coefficient (Wildman–Crippen LogP) is 4.29. The largest absolute Gasteiger partial charge is 0.505 e. The molecule has 0 aromatic heterocycles. The molecule has 1 saturated heterocycles. The lowest BCUT2D eigenvalue weighted by Crippen LogP contribution is -2.54. The molecule has 9 heteroatoms. The molecule has 2 N–H and O–H groups in total. The summed E-state index contributed by atoms with van der Waals surface area (Å²) in [6.07, 6.45) is 1.34. The molecule has 0 saturated carbocycles. The van der Waals surface area contributed by atoms with E-state index in [9.17, 15) is 14.7 Å². The van der Waals surface area contributed by atoms with Crippen molar-refractivity contribution in [2.24, 2.45) is 0 Å². The normalized spacial score (nSPS) is 16.2. The minimum atomic E-state index is -0.631. The molecule has 1 fully saturated rings. The molecule has 0 aliphatic carbocycles. The zero-order valence-corrected chi connectivity index (χ0v) is 16.7. The second-order valence-corrected chi connectivity index (χ2v) is 7.38. The Hall–Kier alpha value is -1.93. The Morgan fingerprint density at radius 3 is 2.27 bits per heavy atom. The maximum absolute atomic E-state index is 12.9. The number of aromatic hydroxyl groups is 1. The SMILES string of the molecule is O=C1NC(=S)N(c2ccc(Br)cc2)C(=O)C1=Cc1cc(Cl)c(O)c(Cl)c1. The highest BCUT2D eigenvalue weighted by molar-refractivity contribution is 9.10. The van der Waals surface area contributed by atoms with Crippen molar-refractivity contribution < 1.29 is 14.7 Å². The standard InChI is InChI=1S/C17H9BrCl2N2O3S/c18-9-1-3-10(4-2-9)22-16(25)11(15(24)21-17(22)26)5-8-6-12(19)14(23)13(20)7-8/h1-7,23H,(H,21,24,26). The van der Waals surface area contributed by atoms with Crippen molar-refractivity contribution in [2.75, 3.05) is 4.90 Å². The highest BCUT2D eigenvalue weighted by atomic mass is 79.9. The van der Waals surface area contributed by atoms with Gasteiger partial charge < -0.3 is 5.11 Å². The molecule has 5 nitrogen and oxygen atoms in total. The number of halogens is 3. The number of hydrogen-bond donors (Lipinski definition) is 2. The van der Waals surface area contributed by atoms with Crippen LogP contribution in [0, 0.1) is 0 Å². The molecule has 2 aromatic carbocycles. The average molecular weight is 472 g/mol. The average Bonchev–Trinajstić information content (AvgIpc) is 2.58. The summed E-state index contributed by atoms with van der Waals surface area (Å²) in [6.45, 7) is 0. The van der Waals surface area contributed by atoms with E-state index < -0.39 is 11.8 Å². The highest BCUT2D eigenvalue weighted by Gasteiger charge is 2.34. The number of nitrogens with one attached hydrogen (secondary N) is 1. The second kappa shape index (κ2) is 7.36. The van der Waals surface area contributed by atoms with Crippen LogP contribution in [0.4, 0.5) is 5.69 Å². The quantitative estimate of drug-likeness (QED) is 0.389. The fraction of sp³-hybridized carbons (Fsp3) is 0. The Bertz CT molecular complexity index is 953. The molecule has 0 radical (unpaired) electrons. The number of benzene rings is 2. The second-order valence-electron chi connectivity index (χ2n) is 5.27. The number of phenols is 1. The Kier molecular flexibility index (Phi) is 5.34. The first-order valence-corrected chi connectivity index (χ1v) is 9.08. The van der Waals surface area contributed by atoms with Crippen molar-refractivity contribution in [2.45, 2.75) is 0 Å².